The van der Waals surface area contributed by atoms with E-state index in [1.807, 2.05) is 0 Å². The molecular weight excluding hydrogens is 254 g/mol. The second kappa shape index (κ2) is 7.38. The monoisotopic (exact) mass is 283 g/mol. The highest BCUT2D eigenvalue weighted by Crippen LogP contribution is 2.22. The van der Waals surface area contributed by atoms with E-state index < -0.39 is 5.60 Å². The number of carbonyl (C=O) groups excluding carboxylic acids is 1. The Kier molecular flexibility index (Phi) is 5.81. The molecule has 116 valence electrons. The van der Waals surface area contributed by atoms with Crippen LogP contribution in [0.2, 0.25) is 0 Å². The molecule has 0 aromatic rings. The van der Waals surface area contributed by atoms with E-state index in [2.05, 4.69) is 22.5 Å². The minimum atomic E-state index is -0.609. The average molecular weight is 283 g/mol. The SMILES string of the molecule is COC1(C(=O)NCCN2CCC(C)CC2)CCNCC1. The summed E-state index contributed by atoms with van der Waals surface area (Å²) in [4.78, 5) is 14.8. The number of hydrogen-bond acceptors (Lipinski definition) is 4. The van der Waals surface area contributed by atoms with Gasteiger partial charge in [-0.2, -0.15) is 0 Å². The number of ether oxygens (including phenoxy) is 1. The molecule has 0 saturated carbocycles. The maximum atomic E-state index is 12.4. The zero-order valence-corrected chi connectivity index (χ0v) is 12.9. The average Bonchev–Trinajstić information content (AvgIpc) is 2.50. The Labute approximate surface area is 122 Å². The van der Waals surface area contributed by atoms with Gasteiger partial charge in [-0.15, -0.1) is 0 Å². The Hall–Kier alpha value is -0.650. The molecule has 0 radical (unpaired) electrons. The molecule has 0 unspecified atom stereocenters. The van der Waals surface area contributed by atoms with Crippen LogP contribution in [0.1, 0.15) is 32.6 Å². The second-order valence-electron chi connectivity index (χ2n) is 6.23. The molecule has 2 saturated heterocycles. The first-order chi connectivity index (χ1) is 9.66. The molecule has 0 spiro atoms. The first kappa shape index (κ1) is 15.7. The Balaban J connectivity index is 1.71. The number of methoxy groups -OCH3 is 1. The molecule has 2 N–H and O–H groups in total. The van der Waals surface area contributed by atoms with Crippen LogP contribution in [0.25, 0.3) is 0 Å². The highest BCUT2D eigenvalue weighted by atomic mass is 16.5. The summed E-state index contributed by atoms with van der Waals surface area (Å²) in [5, 5.41) is 6.34. The fourth-order valence-electron chi connectivity index (χ4n) is 3.13. The van der Waals surface area contributed by atoms with Crippen LogP contribution >= 0.6 is 0 Å². The number of nitrogens with zero attached hydrogens (tertiary/aromatic N) is 1. The molecule has 1 amide bonds. The maximum absolute atomic E-state index is 12.4. The Morgan fingerprint density at radius 2 is 2.00 bits per heavy atom. The van der Waals surface area contributed by atoms with Gasteiger partial charge in [-0.05, 0) is 57.8 Å². The quantitative estimate of drug-likeness (QED) is 0.776. The van der Waals surface area contributed by atoms with Crippen molar-refractivity contribution >= 4 is 5.91 Å². The van der Waals surface area contributed by atoms with Crippen LogP contribution in [0.4, 0.5) is 0 Å². The van der Waals surface area contributed by atoms with Gasteiger partial charge < -0.3 is 20.3 Å². The number of piperidine rings is 2. The predicted octanol–water partition coefficient (Wildman–Crippen LogP) is 0.603. The minimum Gasteiger partial charge on any atom is -0.368 e. The standard InChI is InChI=1S/C15H29N3O2/c1-13-3-10-18(11-4-13)12-9-17-14(19)15(20-2)5-7-16-8-6-15/h13,16H,3-12H2,1-2H3,(H,17,19). The van der Waals surface area contributed by atoms with Gasteiger partial charge in [-0.1, -0.05) is 6.92 Å². The van der Waals surface area contributed by atoms with Gasteiger partial charge in [0.1, 0.15) is 5.60 Å². The van der Waals surface area contributed by atoms with Crippen LogP contribution in [0, 0.1) is 5.92 Å². The number of nitrogens with one attached hydrogen (secondary N) is 2. The van der Waals surface area contributed by atoms with Gasteiger partial charge >= 0.3 is 0 Å². The molecule has 2 heterocycles. The lowest BCUT2D eigenvalue weighted by Crippen LogP contribution is -2.55. The summed E-state index contributed by atoms with van der Waals surface area (Å²) < 4.78 is 5.53. The van der Waals surface area contributed by atoms with E-state index in [0.29, 0.717) is 0 Å². The number of rotatable bonds is 5. The number of hydrogen-bond donors (Lipinski definition) is 2. The molecule has 0 aliphatic carbocycles. The summed E-state index contributed by atoms with van der Waals surface area (Å²) in [6.45, 7) is 8.03. The first-order valence-electron chi connectivity index (χ1n) is 7.93. The molecule has 2 rings (SSSR count). The van der Waals surface area contributed by atoms with Crippen molar-refractivity contribution in [1.29, 1.82) is 0 Å². The van der Waals surface area contributed by atoms with Crippen molar-refractivity contribution < 1.29 is 9.53 Å². The van der Waals surface area contributed by atoms with Crippen molar-refractivity contribution in [2.75, 3.05) is 46.4 Å². The minimum absolute atomic E-state index is 0.0619. The van der Waals surface area contributed by atoms with Crippen LogP contribution in [-0.4, -0.2) is 62.8 Å². The lowest BCUT2D eigenvalue weighted by molar-refractivity contribution is -0.146. The Morgan fingerprint density at radius 3 is 2.60 bits per heavy atom. The molecule has 5 nitrogen and oxygen atoms in total. The number of likely N-dealkylation sites (tertiary alicyclic amines) is 1. The molecule has 0 bridgehead atoms. The topological polar surface area (TPSA) is 53.6 Å². The van der Waals surface area contributed by atoms with Crippen LogP contribution in [0.5, 0.6) is 0 Å². The fourth-order valence-corrected chi connectivity index (χ4v) is 3.13. The zero-order chi connectivity index (χ0) is 14.4. The van der Waals surface area contributed by atoms with E-state index in [0.717, 1.165) is 58.0 Å². The van der Waals surface area contributed by atoms with Crippen LogP contribution in [0.3, 0.4) is 0 Å². The number of carbonyl (C=O) groups is 1. The molecule has 2 aliphatic heterocycles. The van der Waals surface area contributed by atoms with Gasteiger partial charge in [-0.25, -0.2) is 0 Å². The summed E-state index contributed by atoms with van der Waals surface area (Å²) >= 11 is 0. The van der Waals surface area contributed by atoms with Gasteiger partial charge in [0.2, 0.25) is 0 Å². The van der Waals surface area contributed by atoms with E-state index >= 15 is 0 Å². The third-order valence-electron chi connectivity index (χ3n) is 4.81. The van der Waals surface area contributed by atoms with E-state index in [1.165, 1.54) is 12.8 Å². The van der Waals surface area contributed by atoms with E-state index in [9.17, 15) is 4.79 Å². The molecule has 20 heavy (non-hydrogen) atoms. The summed E-state index contributed by atoms with van der Waals surface area (Å²) in [6.07, 6.45) is 4.08. The highest BCUT2D eigenvalue weighted by molar-refractivity contribution is 5.85. The van der Waals surface area contributed by atoms with Gasteiger partial charge in [0.05, 0.1) is 0 Å². The summed E-state index contributed by atoms with van der Waals surface area (Å²) in [6, 6.07) is 0. The molecule has 0 aromatic carbocycles. The smallest absolute Gasteiger partial charge is 0.252 e. The lowest BCUT2D eigenvalue weighted by atomic mass is 9.91. The van der Waals surface area contributed by atoms with Crippen molar-refractivity contribution in [3.05, 3.63) is 0 Å². The molecule has 5 heteroatoms. The Morgan fingerprint density at radius 1 is 1.35 bits per heavy atom. The Bertz CT molecular complexity index is 308. The lowest BCUT2D eigenvalue weighted by Gasteiger charge is -2.35. The molecule has 0 aromatic heterocycles. The second-order valence-corrected chi connectivity index (χ2v) is 6.23. The third-order valence-corrected chi connectivity index (χ3v) is 4.81. The first-order valence-corrected chi connectivity index (χ1v) is 7.93. The van der Waals surface area contributed by atoms with E-state index in [-0.39, 0.29) is 5.91 Å². The largest absolute Gasteiger partial charge is 0.368 e. The normalized spacial score (nSPS) is 24.5. The number of amides is 1. The fraction of sp³-hybridized carbons (Fsp3) is 0.933. The molecule has 2 fully saturated rings. The van der Waals surface area contributed by atoms with Crippen molar-refractivity contribution in [2.24, 2.45) is 5.92 Å². The molecule has 0 atom stereocenters. The van der Waals surface area contributed by atoms with Crippen molar-refractivity contribution in [1.82, 2.24) is 15.5 Å². The summed E-state index contributed by atoms with van der Waals surface area (Å²) in [5.41, 5.74) is -0.609. The maximum Gasteiger partial charge on any atom is 0.252 e. The molecule has 2 aliphatic rings. The van der Waals surface area contributed by atoms with Crippen molar-refractivity contribution in [3.8, 4) is 0 Å². The van der Waals surface area contributed by atoms with Crippen molar-refractivity contribution in [2.45, 2.75) is 38.2 Å². The van der Waals surface area contributed by atoms with Gasteiger partial charge in [0.25, 0.3) is 5.91 Å². The van der Waals surface area contributed by atoms with Gasteiger partial charge in [-0.3, -0.25) is 4.79 Å². The van der Waals surface area contributed by atoms with Gasteiger partial charge in [0.15, 0.2) is 0 Å². The van der Waals surface area contributed by atoms with Crippen LogP contribution in [-0.2, 0) is 9.53 Å². The predicted molar refractivity (Wildman–Crippen MR) is 79.7 cm³/mol. The van der Waals surface area contributed by atoms with E-state index in [4.69, 9.17) is 4.74 Å². The highest BCUT2D eigenvalue weighted by Gasteiger charge is 2.39. The van der Waals surface area contributed by atoms with E-state index in [1.54, 1.807) is 7.11 Å². The van der Waals surface area contributed by atoms with Crippen LogP contribution < -0.4 is 10.6 Å². The van der Waals surface area contributed by atoms with Crippen LogP contribution in [0.15, 0.2) is 0 Å². The third kappa shape index (κ3) is 3.93. The zero-order valence-electron chi connectivity index (χ0n) is 12.9. The summed E-state index contributed by atoms with van der Waals surface area (Å²) in [7, 11) is 1.65. The van der Waals surface area contributed by atoms with Crippen molar-refractivity contribution in [3.63, 3.8) is 0 Å². The summed E-state index contributed by atoms with van der Waals surface area (Å²) in [5.74, 6) is 0.916. The molecular formula is C15H29N3O2. The van der Waals surface area contributed by atoms with Gasteiger partial charge in [0, 0.05) is 20.2 Å².